The summed E-state index contributed by atoms with van der Waals surface area (Å²) in [6, 6.07) is 73.7. The van der Waals surface area contributed by atoms with Gasteiger partial charge in [0.05, 0.1) is 0 Å². The van der Waals surface area contributed by atoms with Crippen LogP contribution < -0.4 is 4.90 Å². The van der Waals surface area contributed by atoms with Crippen LogP contribution in [0.1, 0.15) is 69.6 Å². The molecule has 0 unspecified atom stereocenters. The van der Waals surface area contributed by atoms with Crippen molar-refractivity contribution >= 4 is 98.8 Å². The first-order chi connectivity index (χ1) is 37.5. The van der Waals surface area contributed by atoms with Gasteiger partial charge in [0.2, 0.25) is 0 Å². The van der Waals surface area contributed by atoms with Gasteiger partial charge < -0.3 is 15.1 Å². The third kappa shape index (κ3) is 13.1. The van der Waals surface area contributed by atoms with Crippen LogP contribution in [0.15, 0.2) is 230 Å². The number of hydrogen-bond acceptors (Lipinski definition) is 7. The number of aliphatic carboxylic acids is 2. The Labute approximate surface area is 456 Å². The Balaban J connectivity index is 1.08. The highest BCUT2D eigenvalue weighted by Gasteiger charge is 2.16. The minimum atomic E-state index is -1.27. The molecule has 0 saturated heterocycles. The Morgan fingerprint density at radius 2 is 0.792 bits per heavy atom. The van der Waals surface area contributed by atoms with Crippen molar-refractivity contribution in [3.05, 3.63) is 299 Å². The largest absolute Gasteiger partial charge is 0.477 e. The molecule has 0 radical (unpaired) electrons. The summed E-state index contributed by atoms with van der Waals surface area (Å²) in [5.74, 6) is -2.53. The Kier molecular flexibility index (Phi) is 16.5. The first kappa shape index (κ1) is 52.0. The summed E-state index contributed by atoms with van der Waals surface area (Å²) in [5.41, 5.74) is 14.9. The number of nitriles is 2. The average molecular weight is 1040 g/mol. The third-order valence-corrected chi connectivity index (χ3v) is 14.7. The lowest BCUT2D eigenvalue weighted by atomic mass is 9.96. The maximum absolute atomic E-state index is 11.6. The van der Waals surface area contributed by atoms with E-state index in [0.717, 1.165) is 82.5 Å². The van der Waals surface area contributed by atoms with Crippen molar-refractivity contribution in [2.45, 2.75) is 13.8 Å². The minimum absolute atomic E-state index is 0.325. The second kappa shape index (κ2) is 24.4. The molecule has 0 aliphatic carbocycles. The van der Waals surface area contributed by atoms with Crippen molar-refractivity contribution in [3.63, 3.8) is 0 Å². The molecule has 2 N–H and O–H groups in total. The van der Waals surface area contributed by atoms with Gasteiger partial charge in [0.25, 0.3) is 0 Å². The van der Waals surface area contributed by atoms with Gasteiger partial charge >= 0.3 is 11.9 Å². The standard InChI is InChI=1S/C68H49N3O4S2/c1-46-16-26-53(27-17-46)62(54-28-18-47(2)19-29-54)15-9-10-48-20-30-57(31-21-48)71(58-32-22-49(23-33-58)40-63(51-11-5-3-6-12-51)65-38-36-60(76-65)42-55(44-69)67(72)73)59-34-24-50(25-35-59)41-64(52-13-7-4-8-14-52)66-39-37-61(77-66)43-56(45-70)68(74)75/h3-43H,1-2H3,(H,72,73)(H,74,75)/b10-9+,55-42+,56-43+,63-40+,64-41+. The highest BCUT2D eigenvalue weighted by atomic mass is 32.1. The maximum Gasteiger partial charge on any atom is 0.346 e. The predicted octanol–water partition coefficient (Wildman–Crippen LogP) is 17.2. The highest BCUT2D eigenvalue weighted by Crippen LogP contribution is 2.39. The molecule has 0 aliphatic heterocycles. The molecule has 77 heavy (non-hydrogen) atoms. The maximum atomic E-state index is 11.6. The molecule has 2 heterocycles. The molecular weight excluding hydrogens is 987 g/mol. The molecule has 2 aromatic heterocycles. The second-order valence-corrected chi connectivity index (χ2v) is 20.2. The van der Waals surface area contributed by atoms with Crippen molar-refractivity contribution < 1.29 is 19.8 Å². The zero-order valence-electron chi connectivity index (χ0n) is 42.0. The van der Waals surface area contributed by atoms with Crippen LogP contribution in [-0.4, -0.2) is 22.2 Å². The van der Waals surface area contributed by atoms with Gasteiger partial charge in [0.15, 0.2) is 0 Å². The van der Waals surface area contributed by atoms with Gasteiger partial charge in [-0.15, -0.1) is 22.7 Å². The van der Waals surface area contributed by atoms with Crippen LogP contribution in [0, 0.1) is 36.5 Å². The van der Waals surface area contributed by atoms with Crippen molar-refractivity contribution in [3.8, 4) is 12.1 Å². The molecule has 7 nitrogen and oxygen atoms in total. The summed E-state index contributed by atoms with van der Waals surface area (Å²) in [6.07, 6.45) is 13.4. The van der Waals surface area contributed by atoms with E-state index in [0.29, 0.717) is 9.75 Å². The summed E-state index contributed by atoms with van der Waals surface area (Å²) < 4.78 is 0. The van der Waals surface area contributed by atoms with Crippen LogP contribution in [0.4, 0.5) is 17.1 Å². The van der Waals surface area contributed by atoms with E-state index < -0.39 is 11.9 Å². The Morgan fingerprint density at radius 1 is 0.429 bits per heavy atom. The molecule has 0 aliphatic rings. The fourth-order valence-electron chi connectivity index (χ4n) is 8.58. The monoisotopic (exact) mass is 1040 g/mol. The number of hydrogen-bond donors (Lipinski definition) is 2. The first-order valence-corrected chi connectivity index (χ1v) is 26.2. The van der Waals surface area contributed by atoms with Crippen LogP contribution in [0.2, 0.25) is 0 Å². The summed E-state index contributed by atoms with van der Waals surface area (Å²) in [6.45, 7) is 4.20. The van der Waals surface area contributed by atoms with E-state index in [1.54, 1.807) is 12.1 Å². The number of rotatable bonds is 17. The lowest BCUT2D eigenvalue weighted by Gasteiger charge is -2.26. The van der Waals surface area contributed by atoms with E-state index in [9.17, 15) is 30.3 Å². The molecule has 0 fully saturated rings. The molecule has 9 rings (SSSR count). The van der Waals surface area contributed by atoms with E-state index in [4.69, 9.17) is 0 Å². The summed E-state index contributed by atoms with van der Waals surface area (Å²) >= 11 is 2.84. The highest BCUT2D eigenvalue weighted by molar-refractivity contribution is 7.14. The Morgan fingerprint density at radius 3 is 1.16 bits per heavy atom. The smallest absolute Gasteiger partial charge is 0.346 e. The number of carbonyl (C=O) groups is 2. The van der Waals surface area contributed by atoms with E-state index >= 15 is 0 Å². The molecule has 7 aromatic carbocycles. The van der Waals surface area contributed by atoms with Crippen LogP contribution >= 0.6 is 22.7 Å². The Bertz CT molecular complexity index is 3620. The summed E-state index contributed by atoms with van der Waals surface area (Å²) in [7, 11) is 0. The van der Waals surface area contributed by atoms with Crippen LogP contribution in [0.25, 0.3) is 47.1 Å². The summed E-state index contributed by atoms with van der Waals surface area (Å²) in [5, 5.41) is 37.8. The topological polar surface area (TPSA) is 125 Å². The first-order valence-electron chi connectivity index (χ1n) is 24.6. The van der Waals surface area contributed by atoms with Gasteiger partial charge in [-0.25, -0.2) is 9.59 Å². The van der Waals surface area contributed by atoms with E-state index in [1.807, 2.05) is 84.9 Å². The number of thiophene rings is 2. The number of carboxylic acids is 2. The van der Waals surface area contributed by atoms with Crippen LogP contribution in [0.5, 0.6) is 0 Å². The molecule has 9 heteroatoms. The van der Waals surface area contributed by atoms with Gasteiger partial charge in [-0.3, -0.25) is 0 Å². The molecule has 372 valence electrons. The normalized spacial score (nSPS) is 11.9. The van der Waals surface area contributed by atoms with E-state index in [-0.39, 0.29) is 11.1 Å². The number of allylic oxidation sites excluding steroid dienone is 2. The van der Waals surface area contributed by atoms with Gasteiger partial charge in [0, 0.05) is 36.6 Å². The van der Waals surface area contributed by atoms with E-state index in [1.165, 1.54) is 46.0 Å². The fourth-order valence-corrected chi connectivity index (χ4v) is 10.6. The SMILES string of the molecule is Cc1ccc(C(=C/C=C/c2ccc(N(c3ccc(/C=C(\c4ccccc4)c4ccc(/C=C(\C#N)C(=O)O)s4)cc3)c3ccc(/C=C(\c4ccccc4)c4ccc(/C=C(\C#N)C(=O)O)s4)cc3)cc2)c2ccc(C)cc2)cc1. The summed E-state index contributed by atoms with van der Waals surface area (Å²) in [4.78, 5) is 28.7. The van der Waals surface area contributed by atoms with Crippen molar-refractivity contribution in [2.24, 2.45) is 0 Å². The van der Waals surface area contributed by atoms with Gasteiger partial charge in [0.1, 0.15) is 23.3 Å². The molecule has 0 spiro atoms. The zero-order chi connectivity index (χ0) is 53.7. The lowest BCUT2D eigenvalue weighted by molar-refractivity contribution is -0.133. The number of nitrogens with zero attached hydrogens (tertiary/aromatic N) is 3. The zero-order valence-corrected chi connectivity index (χ0v) is 43.7. The van der Waals surface area contributed by atoms with Gasteiger partial charge in [-0.1, -0.05) is 175 Å². The molecule has 0 bridgehead atoms. The van der Waals surface area contributed by atoms with Crippen LogP contribution in [-0.2, 0) is 9.59 Å². The molecule has 0 amide bonds. The number of carboxylic acid groups (broad SMARTS) is 2. The van der Waals surface area contributed by atoms with Crippen molar-refractivity contribution in [1.82, 2.24) is 0 Å². The van der Waals surface area contributed by atoms with Crippen molar-refractivity contribution in [1.29, 1.82) is 10.5 Å². The fraction of sp³-hybridized carbons (Fsp3) is 0.0294. The second-order valence-electron chi connectivity index (χ2n) is 18.0. The number of aryl methyl sites for hydroxylation is 2. The van der Waals surface area contributed by atoms with E-state index in [2.05, 4.69) is 170 Å². The van der Waals surface area contributed by atoms with Gasteiger partial charge in [-0.2, -0.15) is 10.5 Å². The molecular formula is C68H49N3O4S2. The molecule has 0 atom stereocenters. The molecule has 0 saturated carbocycles. The molecule has 9 aromatic rings. The van der Waals surface area contributed by atoms with Crippen molar-refractivity contribution in [2.75, 3.05) is 4.90 Å². The number of anilines is 3. The van der Waals surface area contributed by atoms with Crippen LogP contribution in [0.3, 0.4) is 0 Å². The third-order valence-electron chi connectivity index (χ3n) is 12.6. The quantitative estimate of drug-likeness (QED) is 0.0403. The minimum Gasteiger partial charge on any atom is -0.477 e. The predicted molar refractivity (Wildman–Crippen MR) is 318 cm³/mol. The average Bonchev–Trinajstić information content (AvgIpc) is 4.14. The van der Waals surface area contributed by atoms with Gasteiger partial charge in [-0.05, 0) is 154 Å². The number of benzene rings is 7. The Hall–Kier alpha value is -9.90. The lowest BCUT2D eigenvalue weighted by Crippen LogP contribution is -2.09.